The molecule has 3 rings (SSSR count). The molecule has 0 radical (unpaired) electrons. The maximum absolute atomic E-state index is 12.3. The first-order valence-corrected chi connectivity index (χ1v) is 6.07. The van der Waals surface area contributed by atoms with E-state index in [0.717, 1.165) is 16.9 Å². The molecule has 2 aromatic rings. The Morgan fingerprint density at radius 3 is 3.21 bits per heavy atom. The fraction of sp³-hybridized carbons (Fsp3) is 0.385. The van der Waals surface area contributed by atoms with Crippen LogP contribution in [0.4, 0.5) is 0 Å². The van der Waals surface area contributed by atoms with Gasteiger partial charge >= 0.3 is 0 Å². The zero-order chi connectivity index (χ0) is 13.2. The molecule has 0 aromatic carbocycles. The van der Waals surface area contributed by atoms with Gasteiger partial charge in [-0.05, 0) is 6.07 Å². The predicted octanol–water partition coefficient (Wildman–Crippen LogP) is 1.61. The molecule has 19 heavy (non-hydrogen) atoms. The Hall–Kier alpha value is -2.08. The molecule has 0 saturated heterocycles. The highest BCUT2D eigenvalue weighted by molar-refractivity contribution is 5.93. The van der Waals surface area contributed by atoms with Gasteiger partial charge in [-0.1, -0.05) is 5.16 Å². The van der Waals surface area contributed by atoms with Gasteiger partial charge in [0.25, 0.3) is 5.91 Å². The molecule has 0 N–H and O–H groups in total. The summed E-state index contributed by atoms with van der Waals surface area (Å²) in [4.78, 5) is 13.9. The number of furan rings is 1. The maximum Gasteiger partial charge on any atom is 0.276 e. The van der Waals surface area contributed by atoms with E-state index in [9.17, 15) is 4.79 Å². The van der Waals surface area contributed by atoms with Crippen LogP contribution < -0.4 is 0 Å². The van der Waals surface area contributed by atoms with E-state index < -0.39 is 0 Å². The highest BCUT2D eigenvalue weighted by Gasteiger charge is 2.26. The van der Waals surface area contributed by atoms with Gasteiger partial charge < -0.3 is 18.6 Å². The van der Waals surface area contributed by atoms with E-state index in [1.165, 1.54) is 0 Å². The van der Waals surface area contributed by atoms with Crippen LogP contribution in [0.15, 0.2) is 27.5 Å². The minimum Gasteiger partial charge on any atom is -0.472 e. The molecule has 100 valence electrons. The van der Waals surface area contributed by atoms with Crippen LogP contribution in [0.5, 0.6) is 0 Å². The summed E-state index contributed by atoms with van der Waals surface area (Å²) in [5.41, 5.74) is 2.06. The van der Waals surface area contributed by atoms with E-state index in [4.69, 9.17) is 13.7 Å². The average molecular weight is 262 g/mol. The highest BCUT2D eigenvalue weighted by atomic mass is 16.5. The molecule has 1 aliphatic heterocycles. The van der Waals surface area contributed by atoms with Crippen molar-refractivity contribution < 1.29 is 18.5 Å². The van der Waals surface area contributed by atoms with Gasteiger partial charge in [-0.3, -0.25) is 4.79 Å². The molecule has 6 nitrogen and oxygen atoms in total. The largest absolute Gasteiger partial charge is 0.472 e. The number of rotatable bonds is 3. The molecule has 2 aromatic heterocycles. The summed E-state index contributed by atoms with van der Waals surface area (Å²) >= 11 is 0. The molecule has 0 spiro atoms. The zero-order valence-electron chi connectivity index (χ0n) is 10.6. The lowest BCUT2D eigenvalue weighted by Crippen LogP contribution is -2.27. The molecule has 0 saturated carbocycles. The summed E-state index contributed by atoms with van der Waals surface area (Å²) in [6.45, 7) is 1.47. The monoisotopic (exact) mass is 262 g/mol. The van der Waals surface area contributed by atoms with Gasteiger partial charge in [-0.15, -0.1) is 0 Å². The molecule has 1 amide bonds. The van der Waals surface area contributed by atoms with Crippen molar-refractivity contribution in [2.45, 2.75) is 19.6 Å². The maximum atomic E-state index is 12.3. The van der Waals surface area contributed by atoms with E-state index >= 15 is 0 Å². The van der Waals surface area contributed by atoms with Crippen molar-refractivity contribution in [2.75, 3.05) is 13.7 Å². The van der Waals surface area contributed by atoms with Gasteiger partial charge in [0, 0.05) is 25.6 Å². The predicted molar refractivity (Wildman–Crippen MR) is 64.4 cm³/mol. The SMILES string of the molecule is CN(Cc1ccoc1)C(=O)c1noc2c1COCC2. The molecule has 0 bridgehead atoms. The van der Waals surface area contributed by atoms with Crippen molar-refractivity contribution in [3.63, 3.8) is 0 Å². The summed E-state index contributed by atoms with van der Waals surface area (Å²) in [5.74, 6) is 0.586. The van der Waals surface area contributed by atoms with Crippen molar-refractivity contribution in [3.8, 4) is 0 Å². The van der Waals surface area contributed by atoms with Crippen LogP contribution >= 0.6 is 0 Å². The molecule has 0 fully saturated rings. The first-order chi connectivity index (χ1) is 9.25. The van der Waals surface area contributed by atoms with Crippen LogP contribution in [0.2, 0.25) is 0 Å². The Labute approximate surface area is 109 Å². The molecule has 0 unspecified atom stereocenters. The lowest BCUT2D eigenvalue weighted by Gasteiger charge is -2.16. The number of fused-ring (bicyclic) bond motifs is 1. The third-order valence-electron chi connectivity index (χ3n) is 3.14. The van der Waals surface area contributed by atoms with Crippen molar-refractivity contribution in [2.24, 2.45) is 0 Å². The summed E-state index contributed by atoms with van der Waals surface area (Å²) in [6.07, 6.45) is 3.87. The van der Waals surface area contributed by atoms with Gasteiger partial charge in [0.2, 0.25) is 0 Å². The number of nitrogens with zero attached hydrogens (tertiary/aromatic N) is 2. The minimum atomic E-state index is -0.170. The number of aromatic nitrogens is 1. The smallest absolute Gasteiger partial charge is 0.276 e. The third-order valence-corrected chi connectivity index (χ3v) is 3.14. The Morgan fingerprint density at radius 1 is 1.53 bits per heavy atom. The number of ether oxygens (including phenoxy) is 1. The second kappa shape index (κ2) is 4.89. The second-order valence-corrected chi connectivity index (χ2v) is 4.53. The summed E-state index contributed by atoms with van der Waals surface area (Å²) in [5, 5.41) is 3.88. The fourth-order valence-electron chi connectivity index (χ4n) is 2.10. The molecule has 0 aliphatic carbocycles. The van der Waals surface area contributed by atoms with Gasteiger partial charge in [0.1, 0.15) is 5.76 Å². The number of carbonyl (C=O) groups excluding carboxylic acids is 1. The summed E-state index contributed by atoms with van der Waals surface area (Å²) in [6, 6.07) is 1.82. The second-order valence-electron chi connectivity index (χ2n) is 4.53. The van der Waals surface area contributed by atoms with E-state index in [-0.39, 0.29) is 5.91 Å². The van der Waals surface area contributed by atoms with Crippen molar-refractivity contribution in [1.29, 1.82) is 0 Å². The van der Waals surface area contributed by atoms with E-state index in [0.29, 0.717) is 31.9 Å². The first-order valence-electron chi connectivity index (χ1n) is 6.07. The van der Waals surface area contributed by atoms with Gasteiger partial charge in [0.15, 0.2) is 5.69 Å². The third kappa shape index (κ3) is 2.26. The highest BCUT2D eigenvalue weighted by Crippen LogP contribution is 2.21. The quantitative estimate of drug-likeness (QED) is 0.840. The fourth-order valence-corrected chi connectivity index (χ4v) is 2.10. The normalized spacial score (nSPS) is 14.2. The standard InChI is InChI=1S/C13H14N2O4/c1-15(6-9-2-4-17-7-9)13(16)12-10-8-18-5-3-11(10)19-14-12/h2,4,7H,3,5-6,8H2,1H3. The van der Waals surface area contributed by atoms with Crippen LogP contribution in [0.3, 0.4) is 0 Å². The molecular formula is C13H14N2O4. The molecule has 3 heterocycles. The average Bonchev–Trinajstić information content (AvgIpc) is 3.06. The molecule has 0 atom stereocenters. The summed E-state index contributed by atoms with van der Waals surface area (Å²) in [7, 11) is 1.72. The van der Waals surface area contributed by atoms with E-state index in [2.05, 4.69) is 5.16 Å². The number of amides is 1. The Kier molecular flexibility index (Phi) is 3.08. The lowest BCUT2D eigenvalue weighted by atomic mass is 10.1. The van der Waals surface area contributed by atoms with Gasteiger partial charge in [-0.25, -0.2) is 0 Å². The number of hydrogen-bond donors (Lipinski definition) is 0. The van der Waals surface area contributed by atoms with Crippen LogP contribution in [0.1, 0.15) is 27.4 Å². The van der Waals surface area contributed by atoms with Crippen molar-refractivity contribution in [1.82, 2.24) is 10.1 Å². The number of carbonyl (C=O) groups is 1. The van der Waals surface area contributed by atoms with E-state index in [1.807, 2.05) is 6.07 Å². The number of hydrogen-bond acceptors (Lipinski definition) is 5. The summed E-state index contributed by atoms with van der Waals surface area (Å²) < 4.78 is 15.5. The Morgan fingerprint density at radius 2 is 2.42 bits per heavy atom. The first kappa shape index (κ1) is 12.0. The van der Waals surface area contributed by atoms with Gasteiger partial charge in [0.05, 0.1) is 31.3 Å². The Balaban J connectivity index is 1.78. The lowest BCUT2D eigenvalue weighted by molar-refractivity contribution is 0.0764. The van der Waals surface area contributed by atoms with Crippen molar-refractivity contribution in [3.05, 3.63) is 41.2 Å². The van der Waals surface area contributed by atoms with E-state index in [1.54, 1.807) is 24.5 Å². The topological polar surface area (TPSA) is 68.7 Å². The van der Waals surface area contributed by atoms with Crippen molar-refractivity contribution >= 4 is 5.91 Å². The van der Waals surface area contributed by atoms with Crippen LogP contribution in [-0.2, 0) is 24.3 Å². The minimum absolute atomic E-state index is 0.170. The zero-order valence-corrected chi connectivity index (χ0v) is 10.6. The Bertz CT molecular complexity index is 573. The van der Waals surface area contributed by atoms with Gasteiger partial charge in [-0.2, -0.15) is 0 Å². The molecular weight excluding hydrogens is 248 g/mol. The van der Waals surface area contributed by atoms with Crippen LogP contribution in [0, 0.1) is 0 Å². The van der Waals surface area contributed by atoms with Crippen LogP contribution in [-0.4, -0.2) is 29.6 Å². The molecule has 6 heteroatoms. The molecule has 1 aliphatic rings. The van der Waals surface area contributed by atoms with Crippen LogP contribution in [0.25, 0.3) is 0 Å².